The third-order valence-electron chi connectivity index (χ3n) is 4.43. The van der Waals surface area contributed by atoms with Crippen LogP contribution in [0, 0.1) is 0 Å². The molecule has 0 radical (unpaired) electrons. The Bertz CT molecular complexity index is 763. The Balaban J connectivity index is 1.79. The quantitative estimate of drug-likeness (QED) is 0.699. The second kappa shape index (κ2) is 9.18. The van der Waals surface area contributed by atoms with E-state index in [-0.39, 0.29) is 18.4 Å². The van der Waals surface area contributed by atoms with Crippen LogP contribution in [0.15, 0.2) is 43.0 Å². The zero-order valence-electron chi connectivity index (χ0n) is 15.3. The van der Waals surface area contributed by atoms with Crippen LogP contribution in [0.5, 0.6) is 5.75 Å². The van der Waals surface area contributed by atoms with Gasteiger partial charge in [-0.25, -0.2) is 4.98 Å². The number of para-hydroxylation sites is 1. The van der Waals surface area contributed by atoms with E-state index in [0.29, 0.717) is 44.0 Å². The molecule has 1 N–H and O–H groups in total. The van der Waals surface area contributed by atoms with E-state index in [9.17, 15) is 9.59 Å². The molecule has 8 nitrogen and oxygen atoms in total. The maximum absolute atomic E-state index is 12.9. The molecule has 1 aliphatic heterocycles. The fourth-order valence-corrected chi connectivity index (χ4v) is 3.12. The number of methoxy groups -OCH3 is 1. The van der Waals surface area contributed by atoms with Gasteiger partial charge in [0.25, 0.3) is 5.91 Å². The van der Waals surface area contributed by atoms with Crippen molar-refractivity contribution < 1.29 is 19.1 Å². The highest BCUT2D eigenvalue weighted by Crippen LogP contribution is 2.32. The van der Waals surface area contributed by atoms with Crippen molar-refractivity contribution in [1.29, 1.82) is 0 Å². The molecular weight excluding hydrogens is 348 g/mol. The van der Waals surface area contributed by atoms with Crippen LogP contribution in [0.3, 0.4) is 0 Å². The van der Waals surface area contributed by atoms with Gasteiger partial charge >= 0.3 is 0 Å². The van der Waals surface area contributed by atoms with Crippen molar-refractivity contribution in [1.82, 2.24) is 19.8 Å². The molecule has 1 aromatic carbocycles. The Morgan fingerprint density at radius 2 is 2.22 bits per heavy atom. The van der Waals surface area contributed by atoms with Gasteiger partial charge in [0.15, 0.2) is 6.61 Å². The molecule has 2 amide bonds. The number of aryl methyl sites for hydroxylation is 1. The molecule has 1 aliphatic rings. The van der Waals surface area contributed by atoms with Gasteiger partial charge in [-0.2, -0.15) is 0 Å². The minimum absolute atomic E-state index is 0.0794. The Labute approximate surface area is 158 Å². The van der Waals surface area contributed by atoms with Gasteiger partial charge in [-0.1, -0.05) is 18.2 Å². The molecule has 2 heterocycles. The average Bonchev–Trinajstić information content (AvgIpc) is 3.15. The number of aromatic nitrogens is 2. The predicted molar refractivity (Wildman–Crippen MR) is 98.1 cm³/mol. The number of fused-ring (bicyclic) bond motifs is 1. The van der Waals surface area contributed by atoms with Crippen molar-refractivity contribution in [3.05, 3.63) is 48.5 Å². The van der Waals surface area contributed by atoms with Crippen molar-refractivity contribution in [2.24, 2.45) is 0 Å². The number of hydrogen-bond donors (Lipinski definition) is 1. The number of carbonyl (C=O) groups excluding carboxylic acids is 2. The number of carbonyl (C=O) groups is 2. The van der Waals surface area contributed by atoms with E-state index in [1.54, 1.807) is 30.6 Å². The summed E-state index contributed by atoms with van der Waals surface area (Å²) in [6.07, 6.45) is 6.02. The number of amides is 2. The fraction of sp³-hybridized carbons (Fsp3) is 0.421. The molecule has 1 aromatic heterocycles. The molecule has 0 bridgehead atoms. The van der Waals surface area contributed by atoms with Crippen LogP contribution >= 0.6 is 0 Å². The van der Waals surface area contributed by atoms with Crippen molar-refractivity contribution >= 4 is 11.8 Å². The molecule has 144 valence electrons. The van der Waals surface area contributed by atoms with E-state index in [0.717, 1.165) is 0 Å². The van der Waals surface area contributed by atoms with Gasteiger partial charge in [0.05, 0.1) is 12.9 Å². The molecule has 0 fully saturated rings. The molecule has 3 rings (SSSR count). The largest absolute Gasteiger partial charge is 0.483 e. The Morgan fingerprint density at radius 1 is 1.37 bits per heavy atom. The van der Waals surface area contributed by atoms with Crippen molar-refractivity contribution in [2.45, 2.75) is 19.0 Å². The van der Waals surface area contributed by atoms with Crippen LogP contribution in [-0.2, 0) is 20.9 Å². The molecule has 2 aromatic rings. The predicted octanol–water partition coefficient (Wildman–Crippen LogP) is 0.998. The lowest BCUT2D eigenvalue weighted by Gasteiger charge is -2.29. The number of hydrogen-bond acceptors (Lipinski definition) is 5. The van der Waals surface area contributed by atoms with E-state index in [1.807, 2.05) is 29.0 Å². The molecule has 27 heavy (non-hydrogen) atoms. The highest BCUT2D eigenvalue weighted by atomic mass is 16.5. The zero-order chi connectivity index (χ0) is 19.1. The maximum Gasteiger partial charge on any atom is 0.261 e. The van der Waals surface area contributed by atoms with E-state index in [2.05, 4.69) is 10.3 Å². The molecule has 1 unspecified atom stereocenters. The second-order valence-corrected chi connectivity index (χ2v) is 6.25. The molecule has 8 heteroatoms. The average molecular weight is 372 g/mol. The number of nitrogens with one attached hydrogen (secondary N) is 1. The molecule has 1 atom stereocenters. The number of imidazole rings is 1. The summed E-state index contributed by atoms with van der Waals surface area (Å²) in [4.78, 5) is 31.2. The molecule has 0 saturated carbocycles. The lowest BCUT2D eigenvalue weighted by atomic mass is 10.0. The van der Waals surface area contributed by atoms with Gasteiger partial charge in [-0.3, -0.25) is 9.59 Å². The minimum Gasteiger partial charge on any atom is -0.483 e. The first-order valence-corrected chi connectivity index (χ1v) is 8.94. The topological polar surface area (TPSA) is 85.7 Å². The van der Waals surface area contributed by atoms with Crippen LogP contribution in [0.2, 0.25) is 0 Å². The summed E-state index contributed by atoms with van der Waals surface area (Å²) in [7, 11) is 1.58. The Morgan fingerprint density at radius 3 is 3.00 bits per heavy atom. The number of nitrogens with zero attached hydrogens (tertiary/aromatic N) is 3. The van der Waals surface area contributed by atoms with Crippen LogP contribution in [0.1, 0.15) is 18.0 Å². The Kier molecular flexibility index (Phi) is 6.43. The molecule has 0 spiro atoms. The number of benzene rings is 1. The number of ether oxygens (including phenoxy) is 2. The van der Waals surface area contributed by atoms with Crippen molar-refractivity contribution in [3.8, 4) is 5.75 Å². The first kappa shape index (κ1) is 18.9. The summed E-state index contributed by atoms with van der Waals surface area (Å²) in [5.41, 5.74) is 0.695. The highest BCUT2D eigenvalue weighted by Gasteiger charge is 2.35. The number of rotatable bonds is 8. The SMILES string of the molecule is COCCNC(=O)C1c2ccccc2OCC(=O)N1CCCn1ccnc1. The summed E-state index contributed by atoms with van der Waals surface area (Å²) in [6.45, 7) is 1.86. The summed E-state index contributed by atoms with van der Waals surface area (Å²) >= 11 is 0. The minimum atomic E-state index is -0.726. The van der Waals surface area contributed by atoms with Gasteiger partial charge in [0, 0.05) is 44.7 Å². The summed E-state index contributed by atoms with van der Waals surface area (Å²) < 4.78 is 12.6. The first-order chi connectivity index (χ1) is 13.2. The van der Waals surface area contributed by atoms with Gasteiger partial charge in [-0.05, 0) is 12.5 Å². The van der Waals surface area contributed by atoms with Crippen LogP contribution in [-0.4, -0.2) is 59.7 Å². The zero-order valence-corrected chi connectivity index (χ0v) is 15.3. The van der Waals surface area contributed by atoms with Gasteiger partial charge in [0.1, 0.15) is 11.8 Å². The van der Waals surface area contributed by atoms with Gasteiger partial charge < -0.3 is 24.3 Å². The fourth-order valence-electron chi connectivity index (χ4n) is 3.12. The first-order valence-electron chi connectivity index (χ1n) is 8.94. The van der Waals surface area contributed by atoms with Crippen molar-refractivity contribution in [3.63, 3.8) is 0 Å². The standard InChI is InChI=1S/C19H24N4O4/c1-26-12-8-21-19(25)18-15-5-2-3-6-16(15)27-13-17(24)23(18)10-4-9-22-11-7-20-14-22/h2-3,5-7,11,14,18H,4,8-10,12-13H2,1H3,(H,21,25). The summed E-state index contributed by atoms with van der Waals surface area (Å²) in [5.74, 6) is 0.125. The summed E-state index contributed by atoms with van der Waals surface area (Å²) in [6, 6.07) is 6.56. The molecular formula is C19H24N4O4. The monoisotopic (exact) mass is 372 g/mol. The normalized spacial score (nSPS) is 16.4. The van der Waals surface area contributed by atoms with Crippen LogP contribution < -0.4 is 10.1 Å². The third kappa shape index (κ3) is 4.65. The summed E-state index contributed by atoms with van der Waals surface area (Å²) in [5, 5.41) is 2.85. The van der Waals surface area contributed by atoms with Crippen LogP contribution in [0.25, 0.3) is 0 Å². The Hall–Kier alpha value is -2.87. The van der Waals surface area contributed by atoms with Crippen molar-refractivity contribution in [2.75, 3.05) is 33.4 Å². The second-order valence-electron chi connectivity index (χ2n) is 6.25. The molecule has 0 aliphatic carbocycles. The maximum atomic E-state index is 12.9. The van der Waals surface area contributed by atoms with E-state index >= 15 is 0 Å². The van der Waals surface area contributed by atoms with E-state index in [4.69, 9.17) is 9.47 Å². The van der Waals surface area contributed by atoms with Crippen LogP contribution in [0.4, 0.5) is 0 Å². The highest BCUT2D eigenvalue weighted by molar-refractivity contribution is 5.90. The molecule has 0 saturated heterocycles. The van der Waals surface area contributed by atoms with Gasteiger partial charge in [0.2, 0.25) is 5.91 Å². The third-order valence-corrected chi connectivity index (χ3v) is 4.43. The van der Waals surface area contributed by atoms with E-state index < -0.39 is 6.04 Å². The van der Waals surface area contributed by atoms with E-state index in [1.165, 1.54) is 0 Å². The lowest BCUT2D eigenvalue weighted by Crippen LogP contribution is -2.45. The lowest BCUT2D eigenvalue weighted by molar-refractivity contribution is -0.141. The van der Waals surface area contributed by atoms with Gasteiger partial charge in [-0.15, -0.1) is 0 Å². The smallest absolute Gasteiger partial charge is 0.261 e.